The van der Waals surface area contributed by atoms with Crippen molar-refractivity contribution in [1.29, 1.82) is 0 Å². The van der Waals surface area contributed by atoms with Crippen LogP contribution < -0.4 is 15.0 Å². The highest BCUT2D eigenvalue weighted by molar-refractivity contribution is 5.97. The van der Waals surface area contributed by atoms with Gasteiger partial charge < -0.3 is 29.9 Å². The Morgan fingerprint density at radius 3 is 2.59 bits per heavy atom. The van der Waals surface area contributed by atoms with E-state index in [2.05, 4.69) is 30.3 Å². The minimum atomic E-state index is -0.931. The first-order valence-electron chi connectivity index (χ1n) is 17.1. The van der Waals surface area contributed by atoms with Crippen LogP contribution in [0.4, 0.5) is 15.0 Å². The topological polar surface area (TPSA) is 124 Å². The molecule has 2 saturated heterocycles. The molecule has 1 aromatic heterocycles. The van der Waals surface area contributed by atoms with E-state index >= 15 is 0 Å². The first-order valence-corrected chi connectivity index (χ1v) is 17.1. The highest BCUT2D eigenvalue weighted by Gasteiger charge is 2.39. The van der Waals surface area contributed by atoms with Crippen molar-refractivity contribution in [2.45, 2.75) is 84.6 Å². The first-order chi connectivity index (χ1) is 22.2. The first kappa shape index (κ1) is 33.8. The van der Waals surface area contributed by atoms with E-state index in [9.17, 15) is 14.0 Å². The smallest absolute Gasteiger partial charge is 0.404 e. The second-order valence-electron chi connectivity index (χ2n) is 13.7. The summed E-state index contributed by atoms with van der Waals surface area (Å²) in [4.78, 5) is 35.0. The Morgan fingerprint density at radius 2 is 1.89 bits per heavy atom. The van der Waals surface area contributed by atoms with Crippen molar-refractivity contribution < 1.29 is 23.8 Å². The zero-order chi connectivity index (χ0) is 32.7. The Hall–Kier alpha value is -3.54. The molecule has 252 valence electrons. The van der Waals surface area contributed by atoms with Crippen molar-refractivity contribution in [3.8, 4) is 11.6 Å². The Bertz CT molecular complexity index is 1330. The van der Waals surface area contributed by atoms with Crippen LogP contribution in [0.5, 0.6) is 11.6 Å². The normalized spacial score (nSPS) is 20.3. The van der Waals surface area contributed by atoms with Crippen molar-refractivity contribution in [2.75, 3.05) is 50.7 Å². The van der Waals surface area contributed by atoms with Gasteiger partial charge in [-0.2, -0.15) is 0 Å². The number of carbonyl (C=O) groups is 2. The molecule has 0 bridgehead atoms. The number of hydrogen-bond donors (Lipinski definition) is 2. The lowest BCUT2D eigenvalue weighted by atomic mass is 9.65. The lowest BCUT2D eigenvalue weighted by molar-refractivity contribution is 0.0452. The summed E-state index contributed by atoms with van der Waals surface area (Å²) in [5.74, 6) is 1.46. The molecule has 0 unspecified atom stereocenters. The maximum absolute atomic E-state index is 14.3. The minimum Gasteiger partial charge on any atom is -0.465 e. The van der Waals surface area contributed by atoms with Gasteiger partial charge in [0.1, 0.15) is 17.9 Å². The fraction of sp³-hybridized carbons (Fsp3) is 0.676. The predicted molar refractivity (Wildman–Crippen MR) is 174 cm³/mol. The van der Waals surface area contributed by atoms with Gasteiger partial charge in [0.05, 0.1) is 5.56 Å². The van der Waals surface area contributed by atoms with Crippen molar-refractivity contribution in [3.63, 3.8) is 0 Å². The largest absolute Gasteiger partial charge is 0.465 e. The molecule has 12 heteroatoms. The van der Waals surface area contributed by atoms with E-state index in [4.69, 9.17) is 9.84 Å². The molecule has 2 aromatic rings. The van der Waals surface area contributed by atoms with Gasteiger partial charge in [-0.15, -0.1) is 10.2 Å². The van der Waals surface area contributed by atoms with Crippen LogP contribution in [0.25, 0.3) is 0 Å². The second-order valence-corrected chi connectivity index (χ2v) is 13.7. The van der Waals surface area contributed by atoms with Gasteiger partial charge >= 0.3 is 6.09 Å². The number of hydrogen-bond acceptors (Lipinski definition) is 8. The fourth-order valence-corrected chi connectivity index (χ4v) is 7.72. The van der Waals surface area contributed by atoms with Crippen molar-refractivity contribution in [2.24, 2.45) is 17.3 Å². The van der Waals surface area contributed by atoms with E-state index in [-0.39, 0.29) is 29.1 Å². The maximum Gasteiger partial charge on any atom is 0.404 e. The van der Waals surface area contributed by atoms with Crippen LogP contribution in [0.1, 0.15) is 88.9 Å². The van der Waals surface area contributed by atoms with Gasteiger partial charge in [-0.25, -0.2) is 14.2 Å². The Morgan fingerprint density at radius 1 is 1.13 bits per heavy atom. The number of amides is 2. The van der Waals surface area contributed by atoms with Gasteiger partial charge in [0.2, 0.25) is 0 Å². The molecule has 2 N–H and O–H groups in total. The molecular weight excluding hydrogens is 589 g/mol. The molecule has 1 atom stereocenters. The molecule has 3 heterocycles. The average Bonchev–Trinajstić information content (AvgIpc) is 3.51. The van der Waals surface area contributed by atoms with Crippen molar-refractivity contribution >= 4 is 17.8 Å². The molecule has 2 aliphatic heterocycles. The number of piperidine rings is 1. The standard InChI is InChI=1S/C34H50FN7O4/c1-4-42(24(2)3)32(43)28-20-27(35)7-8-29(28)46-31-30(37-23-38-39-31)41-17-11-26(22-41)21-40-18-14-34(15-19-40)12-9-25(10-13-34)6-5-16-36-33(44)45/h7-8,20,23-26,36H,4-6,9-19,21-22H2,1-3H3,(H,44,45)/t26-/m0/s1. The zero-order valence-corrected chi connectivity index (χ0v) is 27.6. The molecule has 11 nitrogen and oxygen atoms in total. The Balaban J connectivity index is 1.13. The Kier molecular flexibility index (Phi) is 11.3. The number of rotatable bonds is 12. The highest BCUT2D eigenvalue weighted by atomic mass is 19.1. The Labute approximate surface area is 271 Å². The minimum absolute atomic E-state index is 0.0459. The highest BCUT2D eigenvalue weighted by Crippen LogP contribution is 2.47. The third-order valence-corrected chi connectivity index (χ3v) is 10.4. The average molecular weight is 640 g/mol. The SMILES string of the molecule is CCN(C(=O)c1cc(F)ccc1Oc1nncnc1N1CC[C@@H](CN2CCC3(CCC(CCCNC(=O)O)CC3)CC2)C1)C(C)C. The van der Waals surface area contributed by atoms with Crippen LogP contribution >= 0.6 is 0 Å². The van der Waals surface area contributed by atoms with Crippen LogP contribution in [0, 0.1) is 23.1 Å². The van der Waals surface area contributed by atoms with Crippen LogP contribution in [-0.2, 0) is 0 Å². The van der Waals surface area contributed by atoms with E-state index in [0.29, 0.717) is 30.2 Å². The summed E-state index contributed by atoms with van der Waals surface area (Å²) in [6, 6.07) is 3.92. The van der Waals surface area contributed by atoms with Gasteiger partial charge in [-0.3, -0.25) is 4.79 Å². The quantitative estimate of drug-likeness (QED) is 0.277. The summed E-state index contributed by atoms with van der Waals surface area (Å²) in [5, 5.41) is 19.4. The number of aromatic nitrogens is 3. The molecule has 46 heavy (non-hydrogen) atoms. The monoisotopic (exact) mass is 639 g/mol. The summed E-state index contributed by atoms with van der Waals surface area (Å²) < 4.78 is 20.4. The number of carboxylic acid groups (broad SMARTS) is 1. The van der Waals surface area contributed by atoms with E-state index in [1.807, 2.05) is 20.8 Å². The molecule has 1 spiro atoms. The van der Waals surface area contributed by atoms with Gasteiger partial charge in [-0.05, 0) is 127 Å². The van der Waals surface area contributed by atoms with Crippen LogP contribution in [0.3, 0.4) is 0 Å². The van der Waals surface area contributed by atoms with Crippen molar-refractivity contribution in [1.82, 2.24) is 30.3 Å². The van der Waals surface area contributed by atoms with Gasteiger partial charge in [0.15, 0.2) is 5.82 Å². The lowest BCUT2D eigenvalue weighted by Gasteiger charge is -2.46. The number of nitrogens with zero attached hydrogens (tertiary/aromatic N) is 6. The summed E-state index contributed by atoms with van der Waals surface area (Å²) in [6.07, 6.45) is 11.2. The number of nitrogens with one attached hydrogen (secondary N) is 1. The summed E-state index contributed by atoms with van der Waals surface area (Å²) in [6.45, 7) is 11.8. The van der Waals surface area contributed by atoms with E-state index in [1.165, 1.54) is 63.1 Å². The third kappa shape index (κ3) is 8.43. The van der Waals surface area contributed by atoms with Gasteiger partial charge in [0.25, 0.3) is 11.8 Å². The molecule has 5 rings (SSSR count). The fourth-order valence-electron chi connectivity index (χ4n) is 7.72. The number of carbonyl (C=O) groups excluding carboxylic acids is 1. The molecule has 2 amide bonds. The summed E-state index contributed by atoms with van der Waals surface area (Å²) >= 11 is 0. The molecular formula is C34H50FN7O4. The van der Waals surface area contributed by atoms with Crippen molar-refractivity contribution in [3.05, 3.63) is 35.9 Å². The second kappa shape index (κ2) is 15.4. The van der Waals surface area contributed by atoms with E-state index in [1.54, 1.807) is 4.90 Å². The van der Waals surface area contributed by atoms with Gasteiger partial charge in [0, 0.05) is 38.8 Å². The maximum atomic E-state index is 14.3. The molecule has 3 fully saturated rings. The number of benzene rings is 1. The lowest BCUT2D eigenvalue weighted by Crippen LogP contribution is -2.44. The van der Waals surface area contributed by atoms with Crippen LogP contribution in [0.2, 0.25) is 0 Å². The van der Waals surface area contributed by atoms with Gasteiger partial charge in [-0.1, -0.05) is 0 Å². The predicted octanol–water partition coefficient (Wildman–Crippen LogP) is 5.82. The molecule has 1 aliphatic carbocycles. The van der Waals surface area contributed by atoms with Crippen LogP contribution in [0.15, 0.2) is 24.5 Å². The number of ether oxygens (including phenoxy) is 1. The summed E-state index contributed by atoms with van der Waals surface area (Å²) in [7, 11) is 0. The zero-order valence-electron chi connectivity index (χ0n) is 27.6. The number of likely N-dealkylation sites (tertiary alicyclic amines) is 1. The number of anilines is 1. The number of halogens is 1. The van der Waals surface area contributed by atoms with E-state index in [0.717, 1.165) is 57.9 Å². The van der Waals surface area contributed by atoms with Crippen LogP contribution in [-0.4, -0.2) is 93.9 Å². The molecule has 3 aliphatic rings. The third-order valence-electron chi connectivity index (χ3n) is 10.4. The summed E-state index contributed by atoms with van der Waals surface area (Å²) in [5.41, 5.74) is 0.632. The van der Waals surface area contributed by atoms with E-state index < -0.39 is 11.9 Å². The molecule has 0 radical (unpaired) electrons. The molecule has 1 aromatic carbocycles. The molecule has 1 saturated carbocycles.